The Hall–Kier alpha value is -3.62. The molecule has 1 aliphatic heterocycles. The Balaban J connectivity index is 1.45. The average Bonchev–Trinajstić information content (AvgIpc) is 3.47. The first-order chi connectivity index (χ1) is 20.5. The molecule has 230 valence electrons. The van der Waals surface area contributed by atoms with Gasteiger partial charge >= 0.3 is 6.18 Å². The fourth-order valence-electron chi connectivity index (χ4n) is 7.01. The first-order valence-electron chi connectivity index (χ1n) is 15.1. The molecule has 4 atom stereocenters. The molecule has 1 saturated heterocycles. The zero-order chi connectivity index (χ0) is 30.9. The molecular formula is C34H39F4N3O2. The van der Waals surface area contributed by atoms with Gasteiger partial charge in [-0.15, -0.1) is 0 Å². The Kier molecular flexibility index (Phi) is 8.99. The van der Waals surface area contributed by atoms with Crippen LogP contribution >= 0.6 is 0 Å². The van der Waals surface area contributed by atoms with E-state index >= 15 is 0 Å². The third kappa shape index (κ3) is 6.50. The number of likely N-dealkylation sites (tertiary alicyclic amines) is 1. The predicted octanol–water partition coefficient (Wildman–Crippen LogP) is 7.65. The molecule has 2 N–H and O–H groups in total. The molecule has 0 spiro atoms. The lowest BCUT2D eigenvalue weighted by Gasteiger charge is -2.42. The van der Waals surface area contributed by atoms with Gasteiger partial charge in [-0.1, -0.05) is 56.2 Å². The van der Waals surface area contributed by atoms with Crippen molar-refractivity contribution < 1.29 is 27.2 Å². The SMILES string of the molecule is CC1=C(C(F)(F)F)C(C)C(NC(=O)C2CCCN(C(=O)c3c(C)cccc3F)[C@H]2c2ccc(NC3CCCC3)cc2)C=C1. The predicted molar refractivity (Wildman–Crippen MR) is 159 cm³/mol. The molecule has 5 rings (SSSR count). The summed E-state index contributed by atoms with van der Waals surface area (Å²) in [5.41, 5.74) is 1.60. The van der Waals surface area contributed by atoms with Gasteiger partial charge in [0.2, 0.25) is 5.91 Å². The molecule has 9 heteroatoms. The number of rotatable bonds is 6. The van der Waals surface area contributed by atoms with Crippen molar-refractivity contribution >= 4 is 17.5 Å². The molecule has 0 bridgehead atoms. The van der Waals surface area contributed by atoms with Crippen LogP contribution in [0.2, 0.25) is 0 Å². The Morgan fingerprint density at radius 1 is 0.953 bits per heavy atom. The van der Waals surface area contributed by atoms with Crippen molar-refractivity contribution in [3.05, 3.63) is 88.3 Å². The van der Waals surface area contributed by atoms with Gasteiger partial charge in [-0.3, -0.25) is 9.59 Å². The number of nitrogens with zero attached hydrogens (tertiary/aromatic N) is 1. The minimum atomic E-state index is -4.51. The summed E-state index contributed by atoms with van der Waals surface area (Å²) in [4.78, 5) is 29.4. The third-order valence-electron chi connectivity index (χ3n) is 9.23. The van der Waals surface area contributed by atoms with Gasteiger partial charge in [-0.25, -0.2) is 4.39 Å². The van der Waals surface area contributed by atoms with E-state index in [0.29, 0.717) is 31.0 Å². The molecule has 2 aromatic carbocycles. The van der Waals surface area contributed by atoms with Crippen LogP contribution in [0.1, 0.15) is 79.9 Å². The van der Waals surface area contributed by atoms with Crippen molar-refractivity contribution in [2.24, 2.45) is 11.8 Å². The number of carbonyl (C=O) groups is 2. The molecule has 43 heavy (non-hydrogen) atoms. The minimum Gasteiger partial charge on any atom is -0.382 e. The van der Waals surface area contributed by atoms with E-state index in [1.54, 1.807) is 30.0 Å². The van der Waals surface area contributed by atoms with Gasteiger partial charge in [-0.2, -0.15) is 13.2 Å². The van der Waals surface area contributed by atoms with Crippen LogP contribution in [0.15, 0.2) is 65.8 Å². The first kappa shape index (κ1) is 30.8. The summed E-state index contributed by atoms with van der Waals surface area (Å²) in [6.45, 7) is 4.88. The molecule has 0 aromatic heterocycles. The van der Waals surface area contributed by atoms with Crippen molar-refractivity contribution in [3.63, 3.8) is 0 Å². The number of halogens is 4. The van der Waals surface area contributed by atoms with Crippen LogP contribution < -0.4 is 10.6 Å². The Bertz CT molecular complexity index is 1390. The van der Waals surface area contributed by atoms with Crippen molar-refractivity contribution in [2.45, 2.75) is 83.6 Å². The van der Waals surface area contributed by atoms with Gasteiger partial charge in [0, 0.05) is 29.8 Å². The van der Waals surface area contributed by atoms with Crippen LogP contribution in [-0.4, -0.2) is 41.5 Å². The fourth-order valence-corrected chi connectivity index (χ4v) is 7.01. The lowest BCUT2D eigenvalue weighted by Crippen LogP contribution is -2.51. The summed E-state index contributed by atoms with van der Waals surface area (Å²) < 4.78 is 56.5. The number of nitrogens with one attached hydrogen (secondary N) is 2. The molecular weight excluding hydrogens is 558 g/mol. The van der Waals surface area contributed by atoms with E-state index in [1.807, 2.05) is 24.3 Å². The maximum absolute atomic E-state index is 15.0. The molecule has 1 saturated carbocycles. The molecule has 3 unspecified atom stereocenters. The molecule has 2 aromatic rings. The average molecular weight is 598 g/mol. The number of allylic oxidation sites excluding steroid dienone is 2. The van der Waals surface area contributed by atoms with Crippen LogP contribution in [0.3, 0.4) is 0 Å². The second-order valence-electron chi connectivity index (χ2n) is 12.1. The Labute approximate surface area is 250 Å². The summed E-state index contributed by atoms with van der Waals surface area (Å²) in [5.74, 6) is -3.27. The van der Waals surface area contributed by atoms with E-state index in [9.17, 15) is 27.2 Å². The van der Waals surface area contributed by atoms with E-state index in [1.165, 1.54) is 38.8 Å². The molecule has 1 heterocycles. The first-order valence-corrected chi connectivity index (χ1v) is 15.1. The summed E-state index contributed by atoms with van der Waals surface area (Å²) in [7, 11) is 0. The van der Waals surface area contributed by atoms with Crippen molar-refractivity contribution in [3.8, 4) is 0 Å². The smallest absolute Gasteiger partial charge is 0.382 e. The normalized spacial score (nSPS) is 24.8. The quantitative estimate of drug-likeness (QED) is 0.336. The fraction of sp³-hybridized carbons (Fsp3) is 0.471. The Morgan fingerprint density at radius 3 is 2.30 bits per heavy atom. The highest BCUT2D eigenvalue weighted by molar-refractivity contribution is 5.97. The van der Waals surface area contributed by atoms with Crippen LogP contribution in [0.5, 0.6) is 0 Å². The standard InChI is InChI=1S/C34H39F4N3O2/c1-20-8-6-12-27(35)29(20)33(43)41-19-7-11-26(31(41)23-14-16-25(17-15-23)39-24-9-4-5-10-24)32(42)40-28-18-13-21(2)30(22(28)3)34(36,37)38/h6,8,12-18,22,24,26,28,31,39H,4-5,7,9-11,19H2,1-3H3,(H,40,42)/t22?,26?,28?,31-/m0/s1. The number of benzene rings is 2. The summed E-state index contributed by atoms with van der Waals surface area (Å²) >= 11 is 0. The zero-order valence-corrected chi connectivity index (χ0v) is 24.8. The number of alkyl halides is 3. The Morgan fingerprint density at radius 2 is 1.65 bits per heavy atom. The van der Waals surface area contributed by atoms with Crippen LogP contribution in [0, 0.1) is 24.6 Å². The number of aryl methyl sites for hydroxylation is 1. The maximum Gasteiger partial charge on any atom is 0.413 e. The number of amides is 2. The molecule has 2 amide bonds. The van der Waals surface area contributed by atoms with Gasteiger partial charge in [0.25, 0.3) is 5.91 Å². The number of piperidine rings is 1. The number of hydrogen-bond donors (Lipinski definition) is 2. The number of anilines is 1. The largest absolute Gasteiger partial charge is 0.413 e. The summed E-state index contributed by atoms with van der Waals surface area (Å²) in [5, 5.41) is 6.40. The van der Waals surface area contributed by atoms with Crippen LogP contribution in [0.25, 0.3) is 0 Å². The van der Waals surface area contributed by atoms with Crippen molar-refractivity contribution in [1.82, 2.24) is 10.2 Å². The van der Waals surface area contributed by atoms with Crippen LogP contribution in [0.4, 0.5) is 23.2 Å². The molecule has 5 nitrogen and oxygen atoms in total. The summed E-state index contributed by atoms with van der Waals surface area (Å²) in [6, 6.07) is 10.9. The number of carbonyl (C=O) groups excluding carboxylic acids is 2. The highest BCUT2D eigenvalue weighted by Crippen LogP contribution is 2.41. The number of hydrogen-bond acceptors (Lipinski definition) is 3. The van der Waals surface area contributed by atoms with E-state index in [-0.39, 0.29) is 11.1 Å². The van der Waals surface area contributed by atoms with Gasteiger partial charge in [0.15, 0.2) is 0 Å². The molecule has 2 aliphatic carbocycles. The zero-order valence-electron chi connectivity index (χ0n) is 24.8. The highest BCUT2D eigenvalue weighted by atomic mass is 19.4. The van der Waals surface area contributed by atoms with Gasteiger partial charge in [0.05, 0.1) is 23.6 Å². The van der Waals surface area contributed by atoms with Crippen molar-refractivity contribution in [1.29, 1.82) is 0 Å². The van der Waals surface area contributed by atoms with Gasteiger partial charge in [0.1, 0.15) is 5.82 Å². The van der Waals surface area contributed by atoms with E-state index in [2.05, 4.69) is 10.6 Å². The van der Waals surface area contributed by atoms with E-state index in [0.717, 1.165) is 24.1 Å². The lowest BCUT2D eigenvalue weighted by atomic mass is 9.81. The molecule has 3 aliphatic rings. The van der Waals surface area contributed by atoms with E-state index < -0.39 is 53.3 Å². The molecule has 2 fully saturated rings. The molecule has 0 radical (unpaired) electrons. The lowest BCUT2D eigenvalue weighted by molar-refractivity contribution is -0.129. The van der Waals surface area contributed by atoms with Gasteiger partial charge in [-0.05, 0) is 74.4 Å². The third-order valence-corrected chi connectivity index (χ3v) is 9.23. The second kappa shape index (κ2) is 12.5. The maximum atomic E-state index is 15.0. The monoisotopic (exact) mass is 597 g/mol. The van der Waals surface area contributed by atoms with E-state index in [4.69, 9.17) is 0 Å². The minimum absolute atomic E-state index is 0.0349. The summed E-state index contributed by atoms with van der Waals surface area (Å²) in [6.07, 6.45) is 4.01. The second-order valence-corrected chi connectivity index (χ2v) is 12.1. The topological polar surface area (TPSA) is 61.4 Å². The van der Waals surface area contributed by atoms with Crippen molar-refractivity contribution in [2.75, 3.05) is 11.9 Å². The van der Waals surface area contributed by atoms with Crippen LogP contribution in [-0.2, 0) is 4.79 Å². The highest BCUT2D eigenvalue weighted by Gasteiger charge is 2.44. The van der Waals surface area contributed by atoms with Gasteiger partial charge < -0.3 is 15.5 Å².